The van der Waals surface area contributed by atoms with Crippen LogP contribution < -0.4 is 10.6 Å². The largest absolute Gasteiger partial charge is 0.324 e. The van der Waals surface area contributed by atoms with Crippen molar-refractivity contribution in [1.82, 2.24) is 10.3 Å². The molecular weight excluding hydrogens is 221 g/mol. The number of rotatable bonds is 4. The normalized spacial score (nSPS) is 19.2. The lowest BCUT2D eigenvalue weighted by atomic mass is 10.0. The highest BCUT2D eigenvalue weighted by Crippen LogP contribution is 2.16. The van der Waals surface area contributed by atoms with E-state index in [4.69, 9.17) is 0 Å². The molecule has 2 heterocycles. The molecule has 1 saturated heterocycles. The molecule has 1 atom stereocenters. The highest BCUT2D eigenvalue weighted by molar-refractivity contribution is 5.90. The second-order valence-electron chi connectivity index (χ2n) is 4.30. The molecule has 1 aliphatic rings. The second-order valence-corrected chi connectivity index (χ2v) is 4.30. The molecular formula is C12H16FN3O. The van der Waals surface area contributed by atoms with Gasteiger partial charge in [-0.3, -0.25) is 9.78 Å². The smallest absolute Gasteiger partial charge is 0.224 e. The Morgan fingerprint density at radius 1 is 1.65 bits per heavy atom. The van der Waals surface area contributed by atoms with Crippen LogP contribution in [0.5, 0.6) is 0 Å². The van der Waals surface area contributed by atoms with Crippen LogP contribution in [-0.4, -0.2) is 24.0 Å². The predicted octanol–water partition coefficient (Wildman–Crippen LogP) is 1.55. The summed E-state index contributed by atoms with van der Waals surface area (Å²) in [5.74, 6) is -0.0616. The number of pyridine rings is 1. The molecule has 17 heavy (non-hydrogen) atoms. The molecule has 1 unspecified atom stereocenters. The van der Waals surface area contributed by atoms with Crippen LogP contribution in [0, 0.1) is 11.7 Å². The van der Waals surface area contributed by atoms with Gasteiger partial charge >= 0.3 is 0 Å². The Balaban J connectivity index is 1.79. The van der Waals surface area contributed by atoms with Gasteiger partial charge in [-0.2, -0.15) is 0 Å². The summed E-state index contributed by atoms with van der Waals surface area (Å²) in [5, 5.41) is 5.81. The first-order valence-corrected chi connectivity index (χ1v) is 5.86. The number of nitrogens with one attached hydrogen (secondary N) is 2. The molecule has 1 aromatic rings. The number of halogens is 1. The fourth-order valence-electron chi connectivity index (χ4n) is 1.99. The van der Waals surface area contributed by atoms with Crippen LogP contribution in [0.1, 0.15) is 19.3 Å². The summed E-state index contributed by atoms with van der Waals surface area (Å²) in [5.41, 5.74) is 0.203. The molecule has 0 aromatic carbocycles. The molecule has 1 fully saturated rings. The van der Waals surface area contributed by atoms with Crippen molar-refractivity contribution < 1.29 is 9.18 Å². The van der Waals surface area contributed by atoms with Crippen LogP contribution in [0.3, 0.4) is 0 Å². The van der Waals surface area contributed by atoms with Crippen molar-refractivity contribution >= 4 is 11.6 Å². The topological polar surface area (TPSA) is 54.0 Å². The van der Waals surface area contributed by atoms with Crippen LogP contribution in [0.2, 0.25) is 0 Å². The Kier molecular flexibility index (Phi) is 4.03. The molecule has 0 saturated carbocycles. The maximum Gasteiger partial charge on any atom is 0.224 e. The zero-order valence-electron chi connectivity index (χ0n) is 9.58. The average molecular weight is 237 g/mol. The zero-order valence-corrected chi connectivity index (χ0v) is 9.58. The van der Waals surface area contributed by atoms with Crippen molar-refractivity contribution in [3.8, 4) is 0 Å². The molecule has 0 radical (unpaired) electrons. The number of aromatic nitrogens is 1. The van der Waals surface area contributed by atoms with Gasteiger partial charge in [0.15, 0.2) is 5.82 Å². The van der Waals surface area contributed by atoms with Crippen molar-refractivity contribution in [2.24, 2.45) is 5.92 Å². The van der Waals surface area contributed by atoms with Gasteiger partial charge in [0.1, 0.15) is 0 Å². The van der Waals surface area contributed by atoms with Gasteiger partial charge in [-0.15, -0.1) is 0 Å². The maximum absolute atomic E-state index is 13.2. The van der Waals surface area contributed by atoms with Crippen LogP contribution in [0.15, 0.2) is 18.5 Å². The molecule has 5 heteroatoms. The maximum atomic E-state index is 13.2. The highest BCUT2D eigenvalue weighted by Gasteiger charge is 2.16. The molecule has 1 amide bonds. The third-order valence-corrected chi connectivity index (χ3v) is 2.99. The van der Waals surface area contributed by atoms with E-state index in [-0.39, 0.29) is 11.6 Å². The summed E-state index contributed by atoms with van der Waals surface area (Å²) in [6.45, 7) is 2.02. The Hall–Kier alpha value is -1.49. The Morgan fingerprint density at radius 3 is 3.24 bits per heavy atom. The lowest BCUT2D eigenvalue weighted by Crippen LogP contribution is -2.15. The Labute approximate surface area is 99.6 Å². The monoisotopic (exact) mass is 237 g/mol. The number of nitrogens with zero attached hydrogens (tertiary/aromatic N) is 1. The molecule has 0 aliphatic carbocycles. The first kappa shape index (κ1) is 12.0. The van der Waals surface area contributed by atoms with Crippen LogP contribution in [-0.2, 0) is 4.79 Å². The first-order valence-electron chi connectivity index (χ1n) is 5.86. The van der Waals surface area contributed by atoms with E-state index in [9.17, 15) is 9.18 Å². The summed E-state index contributed by atoms with van der Waals surface area (Å²) >= 11 is 0. The quantitative estimate of drug-likeness (QED) is 0.835. The van der Waals surface area contributed by atoms with Gasteiger partial charge in [0.05, 0.1) is 11.9 Å². The number of carbonyl (C=O) groups excluding carboxylic acids is 1. The van der Waals surface area contributed by atoms with E-state index in [0.29, 0.717) is 12.3 Å². The molecule has 2 N–H and O–H groups in total. The van der Waals surface area contributed by atoms with Crippen molar-refractivity contribution in [2.45, 2.75) is 19.3 Å². The van der Waals surface area contributed by atoms with E-state index in [1.54, 1.807) is 0 Å². The summed E-state index contributed by atoms with van der Waals surface area (Å²) in [4.78, 5) is 15.2. The molecule has 1 aliphatic heterocycles. The number of hydrogen-bond acceptors (Lipinski definition) is 3. The molecule has 0 bridgehead atoms. The Morgan fingerprint density at radius 2 is 2.53 bits per heavy atom. The number of carbonyl (C=O) groups is 1. The Bertz CT molecular complexity index is 391. The molecule has 4 nitrogen and oxygen atoms in total. The van der Waals surface area contributed by atoms with Gasteiger partial charge in [-0.05, 0) is 37.9 Å². The minimum absolute atomic E-state index is 0.137. The van der Waals surface area contributed by atoms with Gasteiger partial charge in [-0.1, -0.05) is 0 Å². The van der Waals surface area contributed by atoms with E-state index >= 15 is 0 Å². The molecule has 1 aromatic heterocycles. The average Bonchev–Trinajstić information content (AvgIpc) is 2.82. The van der Waals surface area contributed by atoms with Gasteiger partial charge in [-0.25, -0.2) is 4.39 Å². The molecule has 0 spiro atoms. The predicted molar refractivity (Wildman–Crippen MR) is 63.0 cm³/mol. The second kappa shape index (κ2) is 5.72. The van der Waals surface area contributed by atoms with E-state index in [1.807, 2.05) is 0 Å². The zero-order chi connectivity index (χ0) is 12.1. The molecule has 92 valence electrons. The van der Waals surface area contributed by atoms with Gasteiger partial charge in [0.2, 0.25) is 5.91 Å². The van der Waals surface area contributed by atoms with E-state index < -0.39 is 5.82 Å². The number of hydrogen-bond donors (Lipinski definition) is 2. The SMILES string of the molecule is O=C(CCC1CCNC1)Nc1ccncc1F. The lowest BCUT2D eigenvalue weighted by Gasteiger charge is -2.08. The van der Waals surface area contributed by atoms with Gasteiger partial charge in [0, 0.05) is 12.6 Å². The molecule has 2 rings (SSSR count). The highest BCUT2D eigenvalue weighted by atomic mass is 19.1. The van der Waals surface area contributed by atoms with E-state index in [0.717, 1.165) is 32.1 Å². The first-order chi connectivity index (χ1) is 8.25. The van der Waals surface area contributed by atoms with Crippen LogP contribution in [0.25, 0.3) is 0 Å². The fourth-order valence-corrected chi connectivity index (χ4v) is 1.99. The van der Waals surface area contributed by atoms with Crippen molar-refractivity contribution in [3.63, 3.8) is 0 Å². The minimum Gasteiger partial charge on any atom is -0.324 e. The summed E-state index contributed by atoms with van der Waals surface area (Å²) < 4.78 is 13.2. The van der Waals surface area contributed by atoms with Gasteiger partial charge in [0.25, 0.3) is 0 Å². The third-order valence-electron chi connectivity index (χ3n) is 2.99. The fraction of sp³-hybridized carbons (Fsp3) is 0.500. The summed E-state index contributed by atoms with van der Waals surface area (Å²) in [7, 11) is 0. The van der Waals surface area contributed by atoms with Crippen molar-refractivity contribution in [3.05, 3.63) is 24.3 Å². The van der Waals surface area contributed by atoms with Crippen LogP contribution in [0.4, 0.5) is 10.1 Å². The third kappa shape index (κ3) is 3.49. The summed E-state index contributed by atoms with van der Waals surface area (Å²) in [6, 6.07) is 1.46. The van der Waals surface area contributed by atoms with E-state index in [2.05, 4.69) is 15.6 Å². The minimum atomic E-state index is -0.497. The van der Waals surface area contributed by atoms with Gasteiger partial charge < -0.3 is 10.6 Å². The van der Waals surface area contributed by atoms with Crippen molar-refractivity contribution in [2.75, 3.05) is 18.4 Å². The van der Waals surface area contributed by atoms with Crippen LogP contribution >= 0.6 is 0 Å². The lowest BCUT2D eigenvalue weighted by molar-refractivity contribution is -0.116. The standard InChI is InChI=1S/C12H16FN3O/c13-10-8-15-6-4-11(10)16-12(17)2-1-9-3-5-14-7-9/h4,6,8-9,14H,1-3,5,7H2,(H,15,16,17). The number of amides is 1. The van der Waals surface area contributed by atoms with E-state index in [1.165, 1.54) is 12.3 Å². The van der Waals surface area contributed by atoms with Crippen molar-refractivity contribution in [1.29, 1.82) is 0 Å². The number of anilines is 1. The summed E-state index contributed by atoms with van der Waals surface area (Å²) in [6.07, 6.45) is 4.96.